The summed E-state index contributed by atoms with van der Waals surface area (Å²) < 4.78 is 50.0. The number of alkyl halides is 3. The predicted molar refractivity (Wildman–Crippen MR) is 44.2 cm³/mol. The van der Waals surface area contributed by atoms with E-state index in [0.717, 1.165) is 18.2 Å². The van der Waals surface area contributed by atoms with E-state index in [2.05, 4.69) is 0 Å². The van der Waals surface area contributed by atoms with Crippen LogP contribution < -0.4 is 5.73 Å². The largest absolute Gasteiger partial charge is 0.416 e. The molecular formula is C9H9F4N. The van der Waals surface area contributed by atoms with Gasteiger partial charge in [-0.1, -0.05) is 6.07 Å². The second-order valence-electron chi connectivity index (χ2n) is 2.80. The third kappa shape index (κ3) is 2.23. The van der Waals surface area contributed by atoms with Gasteiger partial charge in [0.05, 0.1) is 5.56 Å². The van der Waals surface area contributed by atoms with E-state index in [-0.39, 0.29) is 18.5 Å². The van der Waals surface area contributed by atoms with E-state index in [4.69, 9.17) is 5.73 Å². The van der Waals surface area contributed by atoms with Crippen LogP contribution in [0.4, 0.5) is 17.6 Å². The number of hydrogen-bond acceptors (Lipinski definition) is 1. The van der Waals surface area contributed by atoms with Crippen LogP contribution in [-0.4, -0.2) is 6.54 Å². The molecule has 5 heteroatoms. The topological polar surface area (TPSA) is 26.0 Å². The molecule has 0 aliphatic carbocycles. The smallest absolute Gasteiger partial charge is 0.330 e. The highest BCUT2D eigenvalue weighted by Crippen LogP contribution is 2.32. The first-order valence-corrected chi connectivity index (χ1v) is 4.01. The van der Waals surface area contributed by atoms with Crippen molar-refractivity contribution in [2.75, 3.05) is 6.54 Å². The van der Waals surface area contributed by atoms with Gasteiger partial charge < -0.3 is 5.73 Å². The summed E-state index contributed by atoms with van der Waals surface area (Å²) in [6.45, 7) is -0.00991. The second-order valence-corrected chi connectivity index (χ2v) is 2.80. The third-order valence-corrected chi connectivity index (χ3v) is 1.82. The third-order valence-electron chi connectivity index (χ3n) is 1.82. The van der Waals surface area contributed by atoms with Gasteiger partial charge in [0.1, 0.15) is 5.82 Å². The first-order valence-electron chi connectivity index (χ1n) is 4.01. The van der Waals surface area contributed by atoms with Gasteiger partial charge in [0.25, 0.3) is 0 Å². The maximum atomic E-state index is 13.0. The van der Waals surface area contributed by atoms with Crippen LogP contribution >= 0.6 is 0 Å². The standard InChI is InChI=1S/C9H9F4N/c10-8-3-1-2-7(9(11,12)13)6(8)4-5-14/h1-3H,4-5,14H2. The molecular weight excluding hydrogens is 198 g/mol. The number of nitrogens with two attached hydrogens (primary N) is 1. The second kappa shape index (κ2) is 3.96. The van der Waals surface area contributed by atoms with Crippen molar-refractivity contribution in [2.45, 2.75) is 12.6 Å². The van der Waals surface area contributed by atoms with E-state index in [1.165, 1.54) is 0 Å². The van der Waals surface area contributed by atoms with Crippen LogP contribution in [0.25, 0.3) is 0 Å². The fourth-order valence-electron chi connectivity index (χ4n) is 1.22. The summed E-state index contributed by atoms with van der Waals surface area (Å²) in [5.74, 6) is -0.856. The minimum Gasteiger partial charge on any atom is -0.330 e. The average molecular weight is 207 g/mol. The predicted octanol–water partition coefficient (Wildman–Crippen LogP) is 2.35. The van der Waals surface area contributed by atoms with Gasteiger partial charge >= 0.3 is 6.18 Å². The van der Waals surface area contributed by atoms with E-state index in [1.54, 1.807) is 0 Å². The Morgan fingerprint density at radius 3 is 2.36 bits per heavy atom. The quantitative estimate of drug-likeness (QED) is 0.740. The van der Waals surface area contributed by atoms with E-state index < -0.39 is 17.6 Å². The first-order chi connectivity index (χ1) is 6.46. The van der Waals surface area contributed by atoms with Gasteiger partial charge in [0, 0.05) is 5.56 Å². The fraction of sp³-hybridized carbons (Fsp3) is 0.333. The molecule has 0 saturated carbocycles. The molecule has 14 heavy (non-hydrogen) atoms. The summed E-state index contributed by atoms with van der Waals surface area (Å²) in [5, 5.41) is 0. The van der Waals surface area contributed by atoms with Gasteiger partial charge in [-0.25, -0.2) is 4.39 Å². The van der Waals surface area contributed by atoms with Crippen LogP contribution in [0.3, 0.4) is 0 Å². The van der Waals surface area contributed by atoms with Crippen LogP contribution in [0, 0.1) is 5.82 Å². The summed E-state index contributed by atoms with van der Waals surface area (Å²) in [6.07, 6.45) is -4.63. The Morgan fingerprint density at radius 1 is 1.21 bits per heavy atom. The van der Waals surface area contributed by atoms with Crippen molar-refractivity contribution >= 4 is 0 Å². The molecule has 1 aromatic rings. The Morgan fingerprint density at radius 2 is 1.86 bits per heavy atom. The Bertz CT molecular complexity index is 319. The number of rotatable bonds is 2. The van der Waals surface area contributed by atoms with Crippen LogP contribution in [-0.2, 0) is 12.6 Å². The van der Waals surface area contributed by atoms with Gasteiger partial charge in [-0.2, -0.15) is 13.2 Å². The Hall–Kier alpha value is -1.10. The fourth-order valence-corrected chi connectivity index (χ4v) is 1.22. The van der Waals surface area contributed by atoms with E-state index in [1.807, 2.05) is 0 Å². The number of benzene rings is 1. The van der Waals surface area contributed by atoms with Crippen LogP contribution in [0.2, 0.25) is 0 Å². The molecule has 0 unspecified atom stereocenters. The number of halogens is 4. The normalized spacial score (nSPS) is 11.8. The molecule has 1 aromatic carbocycles. The highest BCUT2D eigenvalue weighted by Gasteiger charge is 2.33. The molecule has 0 heterocycles. The summed E-state index contributed by atoms with van der Waals surface area (Å²) >= 11 is 0. The van der Waals surface area contributed by atoms with Crippen LogP contribution in [0.1, 0.15) is 11.1 Å². The molecule has 0 fully saturated rings. The Labute approximate surface area is 78.5 Å². The van der Waals surface area contributed by atoms with E-state index >= 15 is 0 Å². The monoisotopic (exact) mass is 207 g/mol. The lowest BCUT2D eigenvalue weighted by Gasteiger charge is -2.12. The van der Waals surface area contributed by atoms with Crippen molar-refractivity contribution < 1.29 is 17.6 Å². The molecule has 0 saturated heterocycles. The lowest BCUT2D eigenvalue weighted by Crippen LogP contribution is -2.14. The van der Waals surface area contributed by atoms with Gasteiger partial charge in [-0.15, -0.1) is 0 Å². The van der Waals surface area contributed by atoms with Crippen molar-refractivity contribution in [2.24, 2.45) is 5.73 Å². The molecule has 0 aliphatic rings. The summed E-state index contributed by atoms with van der Waals surface area (Å²) in [5.41, 5.74) is 3.81. The lowest BCUT2D eigenvalue weighted by atomic mass is 10.0. The van der Waals surface area contributed by atoms with Crippen molar-refractivity contribution in [3.8, 4) is 0 Å². The molecule has 0 aliphatic heterocycles. The molecule has 2 N–H and O–H groups in total. The SMILES string of the molecule is NCCc1c(F)cccc1C(F)(F)F. The molecule has 0 atom stereocenters. The molecule has 0 spiro atoms. The Balaban J connectivity index is 3.21. The average Bonchev–Trinajstić information content (AvgIpc) is 2.07. The van der Waals surface area contributed by atoms with Crippen molar-refractivity contribution in [1.29, 1.82) is 0 Å². The summed E-state index contributed by atoms with van der Waals surface area (Å²) in [7, 11) is 0. The van der Waals surface area contributed by atoms with E-state index in [9.17, 15) is 17.6 Å². The van der Waals surface area contributed by atoms with Gasteiger partial charge in [0.15, 0.2) is 0 Å². The van der Waals surface area contributed by atoms with Crippen LogP contribution in [0.5, 0.6) is 0 Å². The summed E-state index contributed by atoms with van der Waals surface area (Å²) in [4.78, 5) is 0. The molecule has 1 rings (SSSR count). The zero-order chi connectivity index (χ0) is 10.8. The minimum atomic E-state index is -4.52. The van der Waals surface area contributed by atoms with Gasteiger partial charge in [-0.3, -0.25) is 0 Å². The van der Waals surface area contributed by atoms with Crippen molar-refractivity contribution in [3.63, 3.8) is 0 Å². The highest BCUT2D eigenvalue weighted by atomic mass is 19.4. The highest BCUT2D eigenvalue weighted by molar-refractivity contribution is 5.31. The molecule has 1 nitrogen and oxygen atoms in total. The van der Waals surface area contributed by atoms with Crippen molar-refractivity contribution in [1.82, 2.24) is 0 Å². The maximum Gasteiger partial charge on any atom is 0.416 e. The zero-order valence-corrected chi connectivity index (χ0v) is 7.24. The lowest BCUT2D eigenvalue weighted by molar-refractivity contribution is -0.138. The molecule has 78 valence electrons. The van der Waals surface area contributed by atoms with Crippen molar-refractivity contribution in [3.05, 3.63) is 35.1 Å². The zero-order valence-electron chi connectivity index (χ0n) is 7.24. The molecule has 0 amide bonds. The molecule has 0 aromatic heterocycles. The first kappa shape index (κ1) is 11.0. The molecule has 0 radical (unpaired) electrons. The van der Waals surface area contributed by atoms with Gasteiger partial charge in [-0.05, 0) is 25.1 Å². The Kier molecular flexibility index (Phi) is 3.10. The summed E-state index contributed by atoms with van der Waals surface area (Å²) in [6, 6.07) is 2.90. The maximum absolute atomic E-state index is 13.0. The van der Waals surface area contributed by atoms with E-state index in [0.29, 0.717) is 0 Å². The number of hydrogen-bond donors (Lipinski definition) is 1. The van der Waals surface area contributed by atoms with Crippen LogP contribution in [0.15, 0.2) is 18.2 Å². The minimum absolute atomic E-state index is 0.00991. The molecule has 0 bridgehead atoms. The van der Waals surface area contributed by atoms with Gasteiger partial charge in [0.2, 0.25) is 0 Å².